The van der Waals surface area contributed by atoms with E-state index >= 15 is 0 Å². The molecule has 0 amide bonds. The van der Waals surface area contributed by atoms with E-state index in [1.54, 1.807) is 0 Å². The van der Waals surface area contributed by atoms with Gasteiger partial charge in [0.2, 0.25) is 0 Å². The van der Waals surface area contributed by atoms with Gasteiger partial charge in [-0.05, 0) is 17.7 Å². The van der Waals surface area contributed by atoms with E-state index in [0.717, 1.165) is 17.8 Å². The number of alkyl halides is 5. The van der Waals surface area contributed by atoms with Gasteiger partial charge in [-0.25, -0.2) is 13.8 Å². The molecule has 0 aliphatic heterocycles. The minimum Gasteiger partial charge on any atom is -0.366 e. The predicted octanol–water partition coefficient (Wildman–Crippen LogP) is 4.65. The molecule has 0 saturated heterocycles. The number of rotatable bonds is 4. The van der Waals surface area contributed by atoms with Gasteiger partial charge in [-0.3, -0.25) is 0 Å². The second kappa shape index (κ2) is 6.07. The lowest BCUT2D eigenvalue weighted by Crippen LogP contribution is -2.07. The maximum absolute atomic E-state index is 12.4. The molecule has 0 saturated carbocycles. The van der Waals surface area contributed by atoms with Gasteiger partial charge in [0, 0.05) is 18.3 Å². The van der Waals surface area contributed by atoms with Gasteiger partial charge in [-0.1, -0.05) is 24.3 Å². The van der Waals surface area contributed by atoms with E-state index < -0.39 is 18.2 Å². The maximum atomic E-state index is 12.4. The molecule has 21 heavy (non-hydrogen) atoms. The van der Waals surface area contributed by atoms with E-state index in [4.69, 9.17) is 0 Å². The smallest absolute Gasteiger partial charge is 0.366 e. The van der Waals surface area contributed by atoms with Crippen molar-refractivity contribution in [3.63, 3.8) is 0 Å². The van der Waals surface area contributed by atoms with Crippen LogP contribution >= 0.6 is 0 Å². The minimum atomic E-state index is -4.42. The van der Waals surface area contributed by atoms with Crippen molar-refractivity contribution in [3.05, 3.63) is 59.3 Å². The van der Waals surface area contributed by atoms with Gasteiger partial charge < -0.3 is 5.32 Å². The SMILES string of the molecule is FC(F)c1ccc(CNc2ccc(C(F)(F)F)cn2)cc1. The highest BCUT2D eigenvalue weighted by atomic mass is 19.4. The number of nitrogens with one attached hydrogen (secondary N) is 1. The second-order valence-corrected chi connectivity index (χ2v) is 4.33. The van der Waals surface area contributed by atoms with Crippen LogP contribution in [0.1, 0.15) is 23.1 Å². The molecule has 1 N–H and O–H groups in total. The summed E-state index contributed by atoms with van der Waals surface area (Å²) in [5, 5.41) is 2.82. The van der Waals surface area contributed by atoms with Gasteiger partial charge in [0.05, 0.1) is 5.56 Å². The minimum absolute atomic E-state index is 0.0774. The molecule has 0 spiro atoms. The average molecular weight is 302 g/mol. The molecule has 0 bridgehead atoms. The summed E-state index contributed by atoms with van der Waals surface area (Å²) in [6, 6.07) is 7.81. The Morgan fingerprint density at radius 1 is 1.00 bits per heavy atom. The highest BCUT2D eigenvalue weighted by Gasteiger charge is 2.30. The summed E-state index contributed by atoms with van der Waals surface area (Å²) < 4.78 is 61.8. The third-order valence-electron chi connectivity index (χ3n) is 2.80. The van der Waals surface area contributed by atoms with Gasteiger partial charge in [-0.15, -0.1) is 0 Å². The number of halogens is 5. The van der Waals surface area contributed by atoms with Crippen molar-refractivity contribution in [3.8, 4) is 0 Å². The topological polar surface area (TPSA) is 24.9 Å². The molecule has 0 fully saturated rings. The van der Waals surface area contributed by atoms with E-state index in [0.29, 0.717) is 0 Å². The van der Waals surface area contributed by atoms with E-state index in [1.807, 2.05) is 0 Å². The third-order valence-corrected chi connectivity index (χ3v) is 2.80. The van der Waals surface area contributed by atoms with Gasteiger partial charge in [0.15, 0.2) is 0 Å². The Bertz CT molecular complexity index is 576. The standard InChI is InChI=1S/C14H11F5N2/c15-13(16)10-3-1-9(2-4-10)7-20-12-6-5-11(8-21-12)14(17,18)19/h1-6,8,13H,7H2,(H,20,21). The van der Waals surface area contributed by atoms with Crippen LogP contribution in [0.2, 0.25) is 0 Å². The summed E-state index contributed by atoms with van der Waals surface area (Å²) in [5.74, 6) is 0.279. The summed E-state index contributed by atoms with van der Waals surface area (Å²) in [6.07, 6.45) is -6.21. The van der Waals surface area contributed by atoms with Gasteiger partial charge in [-0.2, -0.15) is 13.2 Å². The molecule has 7 heteroatoms. The second-order valence-electron chi connectivity index (χ2n) is 4.33. The monoisotopic (exact) mass is 302 g/mol. The van der Waals surface area contributed by atoms with Gasteiger partial charge >= 0.3 is 6.18 Å². The Labute approximate surface area is 117 Å². The lowest BCUT2D eigenvalue weighted by molar-refractivity contribution is -0.137. The molecule has 0 aliphatic carbocycles. The molecule has 2 aromatic rings. The summed E-state index contributed by atoms with van der Waals surface area (Å²) in [7, 11) is 0. The molecule has 0 atom stereocenters. The average Bonchev–Trinajstić information content (AvgIpc) is 2.45. The zero-order valence-corrected chi connectivity index (χ0v) is 10.7. The number of hydrogen-bond donors (Lipinski definition) is 1. The lowest BCUT2D eigenvalue weighted by Gasteiger charge is -2.09. The van der Waals surface area contributed by atoms with Crippen LogP contribution in [-0.4, -0.2) is 4.98 Å². The fourth-order valence-corrected chi connectivity index (χ4v) is 1.64. The molecule has 1 aromatic carbocycles. The lowest BCUT2D eigenvalue weighted by atomic mass is 10.1. The van der Waals surface area contributed by atoms with Crippen LogP contribution in [0.25, 0.3) is 0 Å². The quantitative estimate of drug-likeness (QED) is 0.832. The van der Waals surface area contributed by atoms with Crippen molar-refractivity contribution < 1.29 is 22.0 Å². The van der Waals surface area contributed by atoms with Crippen LogP contribution in [0.4, 0.5) is 27.8 Å². The molecule has 2 rings (SSSR count). The molecule has 1 aromatic heterocycles. The molecular weight excluding hydrogens is 291 g/mol. The highest BCUT2D eigenvalue weighted by Crippen LogP contribution is 2.28. The summed E-state index contributed by atoms with van der Waals surface area (Å²) >= 11 is 0. The van der Waals surface area contributed by atoms with E-state index in [2.05, 4.69) is 10.3 Å². The first-order chi connectivity index (χ1) is 9.86. The molecule has 2 nitrogen and oxygen atoms in total. The van der Waals surface area contributed by atoms with E-state index in [9.17, 15) is 22.0 Å². The molecule has 0 radical (unpaired) electrons. The molecule has 0 unspecified atom stereocenters. The predicted molar refractivity (Wildman–Crippen MR) is 68.0 cm³/mol. The van der Waals surface area contributed by atoms with Gasteiger partial charge in [0.1, 0.15) is 5.82 Å². The number of aromatic nitrogens is 1. The van der Waals surface area contributed by atoms with Crippen molar-refractivity contribution in [1.82, 2.24) is 4.98 Å². The molecule has 112 valence electrons. The molecule has 0 aliphatic rings. The van der Waals surface area contributed by atoms with Gasteiger partial charge in [0.25, 0.3) is 6.43 Å². The number of nitrogens with zero attached hydrogens (tertiary/aromatic N) is 1. The normalized spacial score (nSPS) is 11.7. The Morgan fingerprint density at radius 2 is 1.67 bits per heavy atom. The van der Waals surface area contributed by atoms with Crippen LogP contribution in [0.15, 0.2) is 42.6 Å². The van der Waals surface area contributed by atoms with Crippen LogP contribution < -0.4 is 5.32 Å². The first-order valence-corrected chi connectivity index (χ1v) is 6.00. The molecular formula is C14H11F5N2. The number of pyridine rings is 1. The van der Waals surface area contributed by atoms with Crippen LogP contribution in [0.5, 0.6) is 0 Å². The Hall–Kier alpha value is -2.18. The summed E-state index contributed by atoms with van der Waals surface area (Å²) in [4.78, 5) is 3.65. The van der Waals surface area contributed by atoms with Crippen molar-refractivity contribution in [1.29, 1.82) is 0 Å². The van der Waals surface area contributed by atoms with E-state index in [1.165, 1.54) is 30.3 Å². The van der Waals surface area contributed by atoms with Crippen LogP contribution in [-0.2, 0) is 12.7 Å². The fourth-order valence-electron chi connectivity index (χ4n) is 1.64. The number of anilines is 1. The Morgan fingerprint density at radius 3 is 2.14 bits per heavy atom. The van der Waals surface area contributed by atoms with Crippen molar-refractivity contribution in [2.24, 2.45) is 0 Å². The largest absolute Gasteiger partial charge is 0.417 e. The fraction of sp³-hybridized carbons (Fsp3) is 0.214. The van der Waals surface area contributed by atoms with Crippen molar-refractivity contribution >= 4 is 5.82 Å². The number of hydrogen-bond acceptors (Lipinski definition) is 2. The van der Waals surface area contributed by atoms with E-state index in [-0.39, 0.29) is 17.9 Å². The molecule has 1 heterocycles. The summed E-state index contributed by atoms with van der Waals surface area (Å²) in [6.45, 7) is 0.280. The highest BCUT2D eigenvalue weighted by molar-refractivity contribution is 5.37. The Balaban J connectivity index is 1.96. The van der Waals surface area contributed by atoms with Crippen LogP contribution in [0, 0.1) is 0 Å². The van der Waals surface area contributed by atoms with Crippen molar-refractivity contribution in [2.75, 3.05) is 5.32 Å². The summed E-state index contributed by atoms with van der Waals surface area (Å²) in [5.41, 5.74) is -0.179. The number of benzene rings is 1. The Kier molecular flexibility index (Phi) is 4.40. The van der Waals surface area contributed by atoms with Crippen LogP contribution in [0.3, 0.4) is 0 Å². The van der Waals surface area contributed by atoms with Crippen molar-refractivity contribution in [2.45, 2.75) is 19.1 Å². The zero-order chi connectivity index (χ0) is 15.5. The zero-order valence-electron chi connectivity index (χ0n) is 10.7. The third kappa shape index (κ3) is 4.14. The maximum Gasteiger partial charge on any atom is 0.417 e. The first-order valence-electron chi connectivity index (χ1n) is 6.00. The first kappa shape index (κ1) is 15.2.